The molecule has 0 bridgehead atoms. The molecule has 3 rings (SSSR count). The summed E-state index contributed by atoms with van der Waals surface area (Å²) >= 11 is 5.96. The zero-order valence-electron chi connectivity index (χ0n) is 12.0. The van der Waals surface area contributed by atoms with E-state index in [-0.39, 0.29) is 17.1 Å². The number of hydrogen-bond donors (Lipinski definition) is 1. The number of para-hydroxylation sites is 1. The second kappa shape index (κ2) is 6.42. The van der Waals surface area contributed by atoms with Gasteiger partial charge < -0.3 is 0 Å². The van der Waals surface area contributed by atoms with Gasteiger partial charge in [-0.2, -0.15) is 5.10 Å². The van der Waals surface area contributed by atoms with Crippen LogP contribution in [0.1, 0.15) is 16.2 Å². The highest BCUT2D eigenvalue weighted by atomic mass is 35.5. The zero-order chi connectivity index (χ0) is 17.1. The van der Waals surface area contributed by atoms with E-state index in [1.165, 1.54) is 22.7 Å². The largest absolute Gasteiger partial charge is 0.309 e. The summed E-state index contributed by atoms with van der Waals surface area (Å²) in [6.07, 6.45) is 2.77. The molecule has 0 spiro atoms. The number of aromatic nitrogens is 3. The number of nitrogens with one attached hydrogen (secondary N) is 1. The van der Waals surface area contributed by atoms with Crippen molar-refractivity contribution in [1.29, 1.82) is 0 Å². The van der Waals surface area contributed by atoms with E-state index in [0.717, 1.165) is 0 Å². The molecule has 1 N–H and O–H groups in total. The van der Waals surface area contributed by atoms with E-state index in [9.17, 15) is 14.9 Å². The number of pyridine rings is 1. The van der Waals surface area contributed by atoms with Gasteiger partial charge in [0, 0.05) is 12.3 Å². The van der Waals surface area contributed by atoms with E-state index < -0.39 is 10.8 Å². The minimum atomic E-state index is -0.625. The Bertz CT molecular complexity index is 968. The van der Waals surface area contributed by atoms with Crippen LogP contribution in [0.25, 0.3) is 5.65 Å². The Balaban J connectivity index is 1.81. The maximum Gasteiger partial charge on any atom is 0.309 e. The minimum absolute atomic E-state index is 0.00721. The van der Waals surface area contributed by atoms with Crippen LogP contribution >= 0.6 is 11.6 Å². The molecule has 120 valence electrons. The first kappa shape index (κ1) is 15.6. The fourth-order valence-corrected chi connectivity index (χ4v) is 2.21. The molecular weight excluding hydrogens is 336 g/mol. The van der Waals surface area contributed by atoms with E-state index >= 15 is 0 Å². The lowest BCUT2D eigenvalue weighted by atomic mass is 10.2. The molecule has 3 aromatic rings. The number of nitrogens with zero attached hydrogens (tertiary/aromatic N) is 5. The van der Waals surface area contributed by atoms with Crippen molar-refractivity contribution in [3.8, 4) is 0 Å². The Morgan fingerprint density at radius 1 is 1.29 bits per heavy atom. The molecule has 2 aromatic heterocycles. The number of nitro benzene ring substituents is 1. The summed E-state index contributed by atoms with van der Waals surface area (Å²) in [6.45, 7) is 0. The predicted molar refractivity (Wildman–Crippen MR) is 86.2 cm³/mol. The number of halogens is 1. The summed E-state index contributed by atoms with van der Waals surface area (Å²) in [5.74, 6) is -0.633. The predicted octanol–water partition coefficient (Wildman–Crippen LogP) is 2.05. The van der Waals surface area contributed by atoms with Crippen LogP contribution in [0.3, 0.4) is 0 Å². The van der Waals surface area contributed by atoms with E-state index in [1.807, 2.05) is 0 Å². The third-order valence-electron chi connectivity index (χ3n) is 3.09. The first-order valence-electron chi connectivity index (χ1n) is 6.64. The molecule has 24 heavy (non-hydrogen) atoms. The molecule has 1 amide bonds. The fraction of sp³-hybridized carbons (Fsp3) is 0. The van der Waals surface area contributed by atoms with Gasteiger partial charge in [0.2, 0.25) is 5.82 Å². The standard InChI is InChI=1S/C14H9ClN6O3/c15-10-5-3-7-20-12(10)17-18-13(20)14(22)19-16-8-9-4-1-2-6-11(9)21(23)24/h1-8H,(H,19,22). The van der Waals surface area contributed by atoms with Crippen LogP contribution in [0.5, 0.6) is 0 Å². The third-order valence-corrected chi connectivity index (χ3v) is 3.39. The molecule has 0 unspecified atom stereocenters. The molecule has 1 aromatic carbocycles. The Labute approximate surface area is 139 Å². The molecule has 0 aliphatic carbocycles. The molecule has 0 radical (unpaired) electrons. The van der Waals surface area contributed by atoms with Gasteiger partial charge in [0.15, 0.2) is 5.65 Å². The number of carbonyl (C=O) groups is 1. The maximum absolute atomic E-state index is 12.1. The van der Waals surface area contributed by atoms with Gasteiger partial charge in [-0.3, -0.25) is 19.3 Å². The number of fused-ring (bicyclic) bond motifs is 1. The normalized spacial score (nSPS) is 11.0. The van der Waals surface area contributed by atoms with Gasteiger partial charge in [0.1, 0.15) is 0 Å². The van der Waals surface area contributed by atoms with Crippen LogP contribution in [0.2, 0.25) is 5.02 Å². The lowest BCUT2D eigenvalue weighted by Gasteiger charge is -1.99. The monoisotopic (exact) mass is 344 g/mol. The van der Waals surface area contributed by atoms with Crippen molar-refractivity contribution in [2.45, 2.75) is 0 Å². The van der Waals surface area contributed by atoms with Crippen molar-refractivity contribution in [2.24, 2.45) is 5.10 Å². The summed E-state index contributed by atoms with van der Waals surface area (Å²) in [6, 6.07) is 9.30. The number of amides is 1. The third kappa shape index (κ3) is 2.92. The maximum atomic E-state index is 12.1. The lowest BCUT2D eigenvalue weighted by Crippen LogP contribution is -2.20. The topological polar surface area (TPSA) is 115 Å². The van der Waals surface area contributed by atoms with Crippen LogP contribution in [-0.4, -0.2) is 31.6 Å². The first-order valence-corrected chi connectivity index (χ1v) is 7.02. The molecule has 2 heterocycles. The lowest BCUT2D eigenvalue weighted by molar-refractivity contribution is -0.385. The number of carbonyl (C=O) groups excluding carboxylic acids is 1. The number of rotatable bonds is 4. The second-order valence-electron chi connectivity index (χ2n) is 4.59. The number of benzene rings is 1. The van der Waals surface area contributed by atoms with Crippen molar-refractivity contribution in [3.05, 3.63) is 69.1 Å². The van der Waals surface area contributed by atoms with E-state index in [4.69, 9.17) is 11.6 Å². The van der Waals surface area contributed by atoms with Gasteiger partial charge in [-0.05, 0) is 18.2 Å². The van der Waals surface area contributed by atoms with Crippen LogP contribution < -0.4 is 5.43 Å². The highest BCUT2D eigenvalue weighted by Gasteiger charge is 2.15. The summed E-state index contributed by atoms with van der Waals surface area (Å²) in [5.41, 5.74) is 2.74. The molecule has 0 saturated carbocycles. The highest BCUT2D eigenvalue weighted by Crippen LogP contribution is 2.16. The smallest absolute Gasteiger partial charge is 0.277 e. The zero-order valence-corrected chi connectivity index (χ0v) is 12.7. The summed E-state index contributed by atoms with van der Waals surface area (Å²) in [5, 5.41) is 22.6. The molecule has 9 nitrogen and oxygen atoms in total. The first-order chi connectivity index (χ1) is 11.6. The van der Waals surface area contributed by atoms with Gasteiger partial charge >= 0.3 is 5.91 Å². The Kier molecular flexibility index (Phi) is 4.17. The summed E-state index contributed by atoms with van der Waals surface area (Å²) in [4.78, 5) is 22.5. The van der Waals surface area contributed by atoms with Crippen molar-refractivity contribution in [2.75, 3.05) is 0 Å². The van der Waals surface area contributed by atoms with Gasteiger partial charge in [0.05, 0.1) is 21.7 Å². The summed E-state index contributed by atoms with van der Waals surface area (Å²) < 4.78 is 1.41. The number of nitro groups is 1. The summed E-state index contributed by atoms with van der Waals surface area (Å²) in [7, 11) is 0. The van der Waals surface area contributed by atoms with Crippen LogP contribution in [0.4, 0.5) is 5.69 Å². The van der Waals surface area contributed by atoms with Crippen molar-refractivity contribution in [1.82, 2.24) is 20.0 Å². The Morgan fingerprint density at radius 3 is 2.88 bits per heavy atom. The van der Waals surface area contributed by atoms with Gasteiger partial charge in [-0.25, -0.2) is 5.43 Å². The van der Waals surface area contributed by atoms with Crippen molar-refractivity contribution in [3.63, 3.8) is 0 Å². The molecular formula is C14H9ClN6O3. The van der Waals surface area contributed by atoms with Crippen molar-refractivity contribution >= 4 is 35.1 Å². The van der Waals surface area contributed by atoms with E-state index in [2.05, 4.69) is 20.7 Å². The Morgan fingerprint density at radius 2 is 2.08 bits per heavy atom. The molecule has 10 heteroatoms. The van der Waals surface area contributed by atoms with E-state index in [0.29, 0.717) is 10.7 Å². The molecule has 0 saturated heterocycles. The van der Waals surface area contributed by atoms with Gasteiger partial charge in [-0.1, -0.05) is 23.7 Å². The Hall–Kier alpha value is -3.33. The van der Waals surface area contributed by atoms with Crippen LogP contribution in [0, 0.1) is 10.1 Å². The molecule has 0 atom stereocenters. The van der Waals surface area contributed by atoms with E-state index in [1.54, 1.807) is 30.5 Å². The average Bonchev–Trinajstić information content (AvgIpc) is 3.00. The van der Waals surface area contributed by atoms with Gasteiger partial charge in [-0.15, -0.1) is 10.2 Å². The SMILES string of the molecule is O=C(NN=Cc1ccccc1[N+](=O)[O-])c1nnc2c(Cl)cccn12. The van der Waals surface area contributed by atoms with Gasteiger partial charge in [0.25, 0.3) is 5.69 Å². The number of hydrogen-bond acceptors (Lipinski definition) is 6. The molecule has 0 aliphatic rings. The molecule has 0 fully saturated rings. The quantitative estimate of drug-likeness (QED) is 0.442. The number of hydrazone groups is 1. The van der Waals surface area contributed by atoms with Crippen LogP contribution in [0.15, 0.2) is 47.7 Å². The molecule has 0 aliphatic heterocycles. The average molecular weight is 345 g/mol. The fourth-order valence-electron chi connectivity index (χ4n) is 2.01. The highest BCUT2D eigenvalue weighted by molar-refractivity contribution is 6.33. The van der Waals surface area contributed by atoms with Crippen molar-refractivity contribution < 1.29 is 9.72 Å². The van der Waals surface area contributed by atoms with Crippen LogP contribution in [-0.2, 0) is 0 Å². The second-order valence-corrected chi connectivity index (χ2v) is 5.00. The minimum Gasteiger partial charge on any atom is -0.277 e.